The zero-order chi connectivity index (χ0) is 20.8. The molecule has 28 heavy (non-hydrogen) atoms. The summed E-state index contributed by atoms with van der Waals surface area (Å²) in [6, 6.07) is 1.53. The Hall–Kier alpha value is -2.94. The molecule has 2 aromatic heterocycles. The number of nitrogens with zero attached hydrogens (tertiary/aromatic N) is 4. The van der Waals surface area contributed by atoms with Gasteiger partial charge in [0.2, 0.25) is 0 Å². The summed E-state index contributed by atoms with van der Waals surface area (Å²) in [6.07, 6.45) is 1.65. The molecule has 2 N–H and O–H groups in total. The smallest absolute Gasteiger partial charge is 0.408 e. The minimum atomic E-state index is -1.19. The van der Waals surface area contributed by atoms with Crippen molar-refractivity contribution in [1.29, 1.82) is 0 Å². The first kappa shape index (κ1) is 19.8. The van der Waals surface area contributed by atoms with Crippen LogP contribution in [-0.2, 0) is 0 Å². The summed E-state index contributed by atoms with van der Waals surface area (Å²) in [5, 5.41) is 16.1. The van der Waals surface area contributed by atoms with Gasteiger partial charge in [0, 0.05) is 11.7 Å². The average Bonchev–Trinajstić information content (AvgIpc) is 3.10. The van der Waals surface area contributed by atoms with Crippen LogP contribution >= 0.6 is 11.6 Å². The van der Waals surface area contributed by atoms with Crippen LogP contribution in [0, 0.1) is 5.82 Å². The van der Waals surface area contributed by atoms with Crippen LogP contribution in [0.5, 0.6) is 0 Å². The molecule has 2 heterocycles. The number of fused-ring (bicyclic) bond motifs is 1. The number of aromatic amines is 1. The Labute approximate surface area is 164 Å². The lowest BCUT2D eigenvalue weighted by molar-refractivity contribution is 0.0719. The number of nitrogens with one attached hydrogen (secondary N) is 1. The maximum Gasteiger partial charge on any atom is 0.408 e. The molecule has 0 radical (unpaired) electrons. The first-order chi connectivity index (χ1) is 13.0. The molecule has 0 fully saturated rings. The van der Waals surface area contributed by atoms with Gasteiger partial charge in [-0.15, -0.1) is 0 Å². The van der Waals surface area contributed by atoms with Crippen LogP contribution in [0.2, 0.25) is 5.02 Å². The van der Waals surface area contributed by atoms with Crippen molar-refractivity contribution in [1.82, 2.24) is 24.6 Å². The molecular weight excluding hydrogens is 389 g/mol. The molecule has 0 aliphatic rings. The van der Waals surface area contributed by atoms with Gasteiger partial charge in [-0.3, -0.25) is 19.4 Å². The lowest BCUT2D eigenvalue weighted by Gasteiger charge is -2.38. The molecule has 3 rings (SSSR count). The van der Waals surface area contributed by atoms with Crippen LogP contribution in [0.15, 0.2) is 29.3 Å². The zero-order valence-corrected chi connectivity index (χ0v) is 16.5. The summed E-state index contributed by atoms with van der Waals surface area (Å²) < 4.78 is 15.6. The summed E-state index contributed by atoms with van der Waals surface area (Å²) in [5.74, 6) is -0.667. The molecule has 8 nitrogen and oxygen atoms in total. The van der Waals surface area contributed by atoms with Gasteiger partial charge in [0.25, 0.3) is 5.56 Å². The standard InChI is InChI=1S/C18H19ClFN5O3/c1-9(25(17(27)28)18(2,3)4)15-23-14-12(20)6-5-11(19)13(14)16(26)24(15)10-7-21-22-8-10/h5-9H,1-4H3,(H,21,22)(H,27,28)/t9-/m0/s1. The summed E-state index contributed by atoms with van der Waals surface area (Å²) in [4.78, 5) is 30.6. The first-order valence-electron chi connectivity index (χ1n) is 8.46. The van der Waals surface area contributed by atoms with Crippen LogP contribution in [0.3, 0.4) is 0 Å². The van der Waals surface area contributed by atoms with Crippen LogP contribution < -0.4 is 5.56 Å². The van der Waals surface area contributed by atoms with Gasteiger partial charge in [0.1, 0.15) is 17.2 Å². The van der Waals surface area contributed by atoms with Crippen molar-refractivity contribution in [2.75, 3.05) is 0 Å². The predicted octanol–water partition coefficient (Wildman–Crippen LogP) is 3.74. The number of halogens is 2. The number of H-pyrrole nitrogens is 1. The molecule has 1 amide bonds. The maximum atomic E-state index is 14.4. The molecule has 1 atom stereocenters. The van der Waals surface area contributed by atoms with Crippen molar-refractivity contribution in [2.24, 2.45) is 0 Å². The number of carbonyl (C=O) groups is 1. The van der Waals surface area contributed by atoms with Gasteiger partial charge < -0.3 is 5.11 Å². The molecule has 0 spiro atoms. The van der Waals surface area contributed by atoms with E-state index in [0.717, 1.165) is 11.0 Å². The van der Waals surface area contributed by atoms with Crippen molar-refractivity contribution in [3.8, 4) is 5.69 Å². The molecule has 10 heteroatoms. The molecule has 3 aromatic rings. The number of hydrogen-bond acceptors (Lipinski definition) is 4. The number of aromatic nitrogens is 4. The van der Waals surface area contributed by atoms with Crippen LogP contribution in [-0.4, -0.2) is 41.4 Å². The van der Waals surface area contributed by atoms with Crippen LogP contribution in [0.4, 0.5) is 9.18 Å². The first-order valence-corrected chi connectivity index (χ1v) is 8.84. The minimum absolute atomic E-state index is 0.0521. The topological polar surface area (TPSA) is 104 Å². The third-order valence-corrected chi connectivity index (χ3v) is 4.70. The van der Waals surface area contributed by atoms with Gasteiger partial charge in [0.05, 0.1) is 28.3 Å². The van der Waals surface area contributed by atoms with Gasteiger partial charge >= 0.3 is 6.09 Å². The number of benzene rings is 1. The Morgan fingerprint density at radius 3 is 2.61 bits per heavy atom. The predicted molar refractivity (Wildman–Crippen MR) is 102 cm³/mol. The Morgan fingerprint density at radius 1 is 1.39 bits per heavy atom. The van der Waals surface area contributed by atoms with Gasteiger partial charge in [-0.25, -0.2) is 14.2 Å². The van der Waals surface area contributed by atoms with Crippen molar-refractivity contribution < 1.29 is 14.3 Å². The Bertz CT molecular complexity index is 1110. The Morgan fingerprint density at radius 2 is 2.07 bits per heavy atom. The molecular formula is C18H19ClFN5O3. The fraction of sp³-hybridized carbons (Fsp3) is 0.333. The Balaban J connectivity index is 2.42. The van der Waals surface area contributed by atoms with E-state index in [-0.39, 0.29) is 21.7 Å². The highest BCUT2D eigenvalue weighted by atomic mass is 35.5. The molecule has 0 saturated carbocycles. The van der Waals surface area contributed by atoms with E-state index in [1.54, 1.807) is 27.7 Å². The third kappa shape index (κ3) is 3.22. The van der Waals surface area contributed by atoms with Crippen LogP contribution in [0.25, 0.3) is 16.6 Å². The minimum Gasteiger partial charge on any atom is -0.465 e. The van der Waals surface area contributed by atoms with E-state index in [9.17, 15) is 19.1 Å². The second kappa shape index (κ2) is 6.90. The van der Waals surface area contributed by atoms with Crippen molar-refractivity contribution in [3.63, 3.8) is 0 Å². The molecule has 0 unspecified atom stereocenters. The Kier molecular flexibility index (Phi) is 4.88. The van der Waals surface area contributed by atoms with Gasteiger partial charge in [-0.05, 0) is 39.8 Å². The van der Waals surface area contributed by atoms with E-state index >= 15 is 0 Å². The lowest BCUT2D eigenvalue weighted by Crippen LogP contribution is -2.47. The summed E-state index contributed by atoms with van der Waals surface area (Å²) >= 11 is 6.14. The summed E-state index contributed by atoms with van der Waals surface area (Å²) in [6.45, 7) is 6.75. The molecule has 0 aliphatic carbocycles. The van der Waals surface area contributed by atoms with E-state index in [1.165, 1.54) is 23.0 Å². The monoisotopic (exact) mass is 407 g/mol. The highest BCUT2D eigenvalue weighted by Crippen LogP contribution is 2.30. The van der Waals surface area contributed by atoms with Crippen molar-refractivity contribution in [3.05, 3.63) is 51.5 Å². The van der Waals surface area contributed by atoms with E-state index in [2.05, 4.69) is 15.2 Å². The normalized spacial score (nSPS) is 12.9. The van der Waals surface area contributed by atoms with E-state index in [1.807, 2.05) is 0 Å². The van der Waals surface area contributed by atoms with E-state index in [0.29, 0.717) is 5.69 Å². The zero-order valence-electron chi connectivity index (χ0n) is 15.7. The number of rotatable bonds is 3. The second-order valence-corrected chi connectivity index (χ2v) is 7.73. The quantitative estimate of drug-likeness (QED) is 0.688. The molecule has 1 aromatic carbocycles. The highest BCUT2D eigenvalue weighted by molar-refractivity contribution is 6.35. The molecule has 0 saturated heterocycles. The van der Waals surface area contributed by atoms with Gasteiger partial charge in [-0.1, -0.05) is 11.6 Å². The maximum absolute atomic E-state index is 14.4. The van der Waals surface area contributed by atoms with Crippen LogP contribution in [0.1, 0.15) is 39.6 Å². The van der Waals surface area contributed by atoms with Gasteiger partial charge in [-0.2, -0.15) is 5.10 Å². The largest absolute Gasteiger partial charge is 0.465 e. The van der Waals surface area contributed by atoms with Gasteiger partial charge in [0.15, 0.2) is 0 Å². The SMILES string of the molecule is C[C@@H](c1nc2c(F)ccc(Cl)c2c(=O)n1-c1cn[nH]c1)N(C(=O)O)C(C)(C)C. The highest BCUT2D eigenvalue weighted by Gasteiger charge is 2.35. The fourth-order valence-electron chi connectivity index (χ4n) is 3.28. The molecule has 0 bridgehead atoms. The van der Waals surface area contributed by atoms with E-state index in [4.69, 9.17) is 11.6 Å². The number of amides is 1. The summed E-state index contributed by atoms with van der Waals surface area (Å²) in [5.41, 5.74) is -1.29. The van der Waals surface area contributed by atoms with E-state index < -0.39 is 29.1 Å². The number of carboxylic acid groups (broad SMARTS) is 1. The fourth-order valence-corrected chi connectivity index (χ4v) is 3.51. The lowest BCUT2D eigenvalue weighted by atomic mass is 10.0. The average molecular weight is 408 g/mol. The van der Waals surface area contributed by atoms with Crippen molar-refractivity contribution >= 4 is 28.6 Å². The molecule has 148 valence electrons. The molecule has 0 aliphatic heterocycles. The van der Waals surface area contributed by atoms with Crippen molar-refractivity contribution in [2.45, 2.75) is 39.3 Å². The number of hydrogen-bond donors (Lipinski definition) is 2. The second-order valence-electron chi connectivity index (χ2n) is 7.32. The summed E-state index contributed by atoms with van der Waals surface area (Å²) in [7, 11) is 0. The third-order valence-electron chi connectivity index (χ3n) is 4.38.